The van der Waals surface area contributed by atoms with E-state index in [2.05, 4.69) is 5.32 Å². The first kappa shape index (κ1) is 16.5. The van der Waals surface area contributed by atoms with Gasteiger partial charge in [0.05, 0.1) is 12.0 Å². The number of hydrogen-bond acceptors (Lipinski definition) is 3. The molecule has 0 aliphatic carbocycles. The van der Waals surface area contributed by atoms with Gasteiger partial charge in [-0.25, -0.2) is 0 Å². The molecule has 22 heavy (non-hydrogen) atoms. The van der Waals surface area contributed by atoms with Crippen LogP contribution in [0.4, 0.5) is 0 Å². The third-order valence-electron chi connectivity index (χ3n) is 4.16. The Morgan fingerprint density at radius 2 is 2.09 bits per heavy atom. The number of carbonyl (C=O) groups excluding carboxylic acids is 2. The number of carbonyl (C=O) groups is 2. The van der Waals surface area contributed by atoms with E-state index in [1.54, 1.807) is 19.1 Å². The van der Waals surface area contributed by atoms with E-state index in [9.17, 15) is 9.59 Å². The zero-order valence-corrected chi connectivity index (χ0v) is 13.2. The molecule has 1 aromatic rings. The molecule has 1 aliphatic rings. The average Bonchev–Trinajstić information content (AvgIpc) is 2.54. The molecule has 0 spiro atoms. The molecule has 0 radical (unpaired) electrons. The number of likely N-dealkylation sites (tertiary alicyclic amines) is 1. The second-order valence-corrected chi connectivity index (χ2v) is 5.64. The quantitative estimate of drug-likeness (QED) is 0.815. The molecule has 2 atom stereocenters. The van der Waals surface area contributed by atoms with E-state index < -0.39 is 0 Å². The highest BCUT2D eigenvalue weighted by atomic mass is 16.5. The summed E-state index contributed by atoms with van der Waals surface area (Å²) in [6, 6.07) is 9.58. The van der Waals surface area contributed by atoms with Gasteiger partial charge in [0, 0.05) is 33.7 Å². The van der Waals surface area contributed by atoms with Gasteiger partial charge in [-0.2, -0.15) is 0 Å². The fourth-order valence-electron chi connectivity index (χ4n) is 2.98. The lowest BCUT2D eigenvalue weighted by Crippen LogP contribution is -2.46. The van der Waals surface area contributed by atoms with Gasteiger partial charge >= 0.3 is 0 Å². The largest absolute Gasteiger partial charge is 0.385 e. The Labute approximate surface area is 131 Å². The van der Waals surface area contributed by atoms with Gasteiger partial charge in [-0.05, 0) is 18.4 Å². The standard InChI is InChI=1S/C17H24N2O3/c1-19-15(20)10-9-14(17(21)18-11-6-12-22-2)16(19)13-7-4-3-5-8-13/h3-5,7-8,14,16H,6,9-12H2,1-2H3,(H,18,21)/t14-,16+/m0/s1. The van der Waals surface area contributed by atoms with Gasteiger partial charge < -0.3 is 15.0 Å². The molecule has 5 heteroatoms. The summed E-state index contributed by atoms with van der Waals surface area (Å²) in [4.78, 5) is 26.2. The molecular formula is C17H24N2O3. The molecule has 1 fully saturated rings. The van der Waals surface area contributed by atoms with E-state index in [0.29, 0.717) is 26.0 Å². The van der Waals surface area contributed by atoms with Crippen molar-refractivity contribution in [1.29, 1.82) is 0 Å². The van der Waals surface area contributed by atoms with Crippen molar-refractivity contribution in [3.05, 3.63) is 35.9 Å². The highest BCUT2D eigenvalue weighted by Gasteiger charge is 2.38. The molecule has 1 aromatic carbocycles. The van der Waals surface area contributed by atoms with E-state index >= 15 is 0 Å². The lowest BCUT2D eigenvalue weighted by molar-refractivity contribution is -0.141. The molecular weight excluding hydrogens is 280 g/mol. The van der Waals surface area contributed by atoms with Crippen molar-refractivity contribution in [3.8, 4) is 0 Å². The minimum atomic E-state index is -0.201. The highest BCUT2D eigenvalue weighted by Crippen LogP contribution is 2.35. The van der Waals surface area contributed by atoms with Gasteiger partial charge in [-0.1, -0.05) is 30.3 Å². The van der Waals surface area contributed by atoms with Crippen LogP contribution < -0.4 is 5.32 Å². The number of rotatable bonds is 6. The van der Waals surface area contributed by atoms with Crippen molar-refractivity contribution in [2.45, 2.75) is 25.3 Å². The van der Waals surface area contributed by atoms with Crippen LogP contribution in [0.2, 0.25) is 0 Å². The molecule has 0 aromatic heterocycles. The fraction of sp³-hybridized carbons (Fsp3) is 0.529. The number of ether oxygens (including phenoxy) is 1. The van der Waals surface area contributed by atoms with E-state index in [0.717, 1.165) is 12.0 Å². The minimum absolute atomic E-state index is 0.0179. The molecule has 120 valence electrons. The topological polar surface area (TPSA) is 58.6 Å². The van der Waals surface area contributed by atoms with Crippen molar-refractivity contribution in [1.82, 2.24) is 10.2 Å². The smallest absolute Gasteiger partial charge is 0.225 e. The minimum Gasteiger partial charge on any atom is -0.385 e. The highest BCUT2D eigenvalue weighted by molar-refractivity contribution is 5.84. The lowest BCUT2D eigenvalue weighted by Gasteiger charge is -2.38. The summed E-state index contributed by atoms with van der Waals surface area (Å²) < 4.78 is 4.99. The SMILES string of the molecule is COCCCNC(=O)[C@H]1CCC(=O)N(C)[C@@H]1c1ccccc1. The molecule has 2 amide bonds. The van der Waals surface area contributed by atoms with Crippen molar-refractivity contribution >= 4 is 11.8 Å². The predicted molar refractivity (Wildman–Crippen MR) is 84.2 cm³/mol. The third kappa shape index (κ3) is 3.85. The molecule has 1 N–H and O–H groups in total. The van der Waals surface area contributed by atoms with Gasteiger partial charge in [0.25, 0.3) is 0 Å². The van der Waals surface area contributed by atoms with Gasteiger partial charge in [-0.15, -0.1) is 0 Å². The maximum atomic E-state index is 12.5. The Bertz CT molecular complexity index is 504. The summed E-state index contributed by atoms with van der Waals surface area (Å²) in [5.41, 5.74) is 1.01. The number of benzene rings is 1. The number of nitrogens with one attached hydrogen (secondary N) is 1. The van der Waals surface area contributed by atoms with Crippen LogP contribution in [0.5, 0.6) is 0 Å². The zero-order valence-electron chi connectivity index (χ0n) is 13.2. The van der Waals surface area contributed by atoms with Crippen LogP contribution in [-0.4, -0.2) is 44.0 Å². The first-order chi connectivity index (χ1) is 10.6. The van der Waals surface area contributed by atoms with E-state index in [1.165, 1.54) is 0 Å². The van der Waals surface area contributed by atoms with E-state index in [1.807, 2.05) is 30.3 Å². The van der Waals surface area contributed by atoms with Crippen LogP contribution in [0.3, 0.4) is 0 Å². The Balaban J connectivity index is 2.10. The van der Waals surface area contributed by atoms with Crippen LogP contribution in [-0.2, 0) is 14.3 Å². The van der Waals surface area contributed by atoms with Gasteiger partial charge in [0.2, 0.25) is 11.8 Å². The zero-order chi connectivity index (χ0) is 15.9. The number of hydrogen-bond donors (Lipinski definition) is 1. The monoisotopic (exact) mass is 304 g/mol. The summed E-state index contributed by atoms with van der Waals surface area (Å²) >= 11 is 0. The summed E-state index contributed by atoms with van der Waals surface area (Å²) in [6.07, 6.45) is 1.81. The molecule has 1 saturated heterocycles. The van der Waals surface area contributed by atoms with Crippen molar-refractivity contribution in [2.24, 2.45) is 5.92 Å². The van der Waals surface area contributed by atoms with Crippen molar-refractivity contribution in [3.63, 3.8) is 0 Å². The Hall–Kier alpha value is -1.88. The van der Waals surface area contributed by atoms with Gasteiger partial charge in [0.15, 0.2) is 0 Å². The van der Waals surface area contributed by atoms with Crippen molar-refractivity contribution in [2.75, 3.05) is 27.3 Å². The maximum Gasteiger partial charge on any atom is 0.225 e. The number of nitrogens with zero attached hydrogens (tertiary/aromatic N) is 1. The van der Waals surface area contributed by atoms with Crippen LogP contribution in [0.25, 0.3) is 0 Å². The number of methoxy groups -OCH3 is 1. The van der Waals surface area contributed by atoms with Crippen LogP contribution in [0, 0.1) is 5.92 Å². The molecule has 0 saturated carbocycles. The molecule has 0 bridgehead atoms. The van der Waals surface area contributed by atoms with Gasteiger partial charge in [-0.3, -0.25) is 9.59 Å². The first-order valence-electron chi connectivity index (χ1n) is 7.72. The Kier molecular flexibility index (Phi) is 5.95. The van der Waals surface area contributed by atoms with Crippen molar-refractivity contribution < 1.29 is 14.3 Å². The van der Waals surface area contributed by atoms with E-state index in [4.69, 9.17) is 4.74 Å². The second kappa shape index (κ2) is 7.94. The Morgan fingerprint density at radius 3 is 2.77 bits per heavy atom. The summed E-state index contributed by atoms with van der Waals surface area (Å²) in [5, 5.41) is 2.97. The fourth-order valence-corrected chi connectivity index (χ4v) is 2.98. The van der Waals surface area contributed by atoms with E-state index in [-0.39, 0.29) is 23.8 Å². The molecule has 5 nitrogen and oxygen atoms in total. The van der Waals surface area contributed by atoms with Gasteiger partial charge in [0.1, 0.15) is 0 Å². The lowest BCUT2D eigenvalue weighted by atomic mass is 9.84. The molecule has 1 heterocycles. The average molecular weight is 304 g/mol. The summed E-state index contributed by atoms with van der Waals surface area (Å²) in [5.74, 6) is -0.0887. The number of piperidine rings is 1. The third-order valence-corrected chi connectivity index (χ3v) is 4.16. The second-order valence-electron chi connectivity index (χ2n) is 5.64. The number of amides is 2. The summed E-state index contributed by atoms with van der Waals surface area (Å²) in [7, 11) is 3.43. The summed E-state index contributed by atoms with van der Waals surface area (Å²) in [6.45, 7) is 1.23. The van der Waals surface area contributed by atoms with Crippen LogP contribution >= 0.6 is 0 Å². The van der Waals surface area contributed by atoms with Crippen LogP contribution in [0.1, 0.15) is 30.9 Å². The predicted octanol–water partition coefficient (Wildman–Crippen LogP) is 1.75. The normalized spacial score (nSPS) is 21.7. The first-order valence-corrected chi connectivity index (χ1v) is 7.72. The molecule has 2 rings (SSSR count). The Morgan fingerprint density at radius 1 is 1.36 bits per heavy atom. The molecule has 1 aliphatic heterocycles. The molecule has 0 unspecified atom stereocenters. The van der Waals surface area contributed by atoms with Crippen LogP contribution in [0.15, 0.2) is 30.3 Å². The maximum absolute atomic E-state index is 12.5.